The number of nitrogens with zero attached hydrogens (tertiary/aromatic N) is 2. The predicted molar refractivity (Wildman–Crippen MR) is 230 cm³/mol. The highest BCUT2D eigenvalue weighted by molar-refractivity contribution is 7.01. The summed E-state index contributed by atoms with van der Waals surface area (Å²) in [6.07, 6.45) is 0. The summed E-state index contributed by atoms with van der Waals surface area (Å²) in [4.78, 5) is 2.46. The summed E-state index contributed by atoms with van der Waals surface area (Å²) < 4.78 is 168. The predicted octanol–water partition coefficient (Wildman–Crippen LogP) is 12.0. The van der Waals surface area contributed by atoms with Crippen molar-refractivity contribution in [3.05, 3.63) is 125 Å². The third-order valence-corrected chi connectivity index (χ3v) is 9.88. The molecule has 0 saturated heterocycles. The van der Waals surface area contributed by atoms with Crippen LogP contribution >= 0.6 is 0 Å². The van der Waals surface area contributed by atoms with Gasteiger partial charge in [0.2, 0.25) is 5.88 Å². The molecule has 4 heteroatoms. The van der Waals surface area contributed by atoms with Gasteiger partial charge in [0.05, 0.1) is 19.2 Å². The number of furan rings is 1. The van der Waals surface area contributed by atoms with Gasteiger partial charge in [0.15, 0.2) is 0 Å². The largest absolute Gasteiger partial charge is 0.440 e. The van der Waals surface area contributed by atoms with Crippen LogP contribution in [0.4, 0.5) is 34.3 Å². The minimum atomic E-state index is -2.95. The van der Waals surface area contributed by atoms with Crippen molar-refractivity contribution in [3.8, 4) is 0 Å². The van der Waals surface area contributed by atoms with Gasteiger partial charge in [-0.3, -0.25) is 4.90 Å². The Labute approximate surface area is 342 Å². The maximum atomic E-state index is 10.1. The van der Waals surface area contributed by atoms with Crippen molar-refractivity contribution in [2.24, 2.45) is 0 Å². The van der Waals surface area contributed by atoms with E-state index in [-0.39, 0.29) is 102 Å². The van der Waals surface area contributed by atoms with Crippen molar-refractivity contribution in [1.82, 2.24) is 0 Å². The highest BCUT2D eigenvalue weighted by atomic mass is 16.4. The molecule has 0 saturated carbocycles. The lowest BCUT2D eigenvalue weighted by Gasteiger charge is -2.43. The van der Waals surface area contributed by atoms with Gasteiger partial charge in [0.25, 0.3) is 6.71 Å². The van der Waals surface area contributed by atoms with Crippen LogP contribution in [0, 0.1) is 6.85 Å². The van der Waals surface area contributed by atoms with E-state index in [2.05, 4.69) is 0 Å². The first-order chi connectivity index (χ1) is 31.8. The number of anilines is 6. The van der Waals surface area contributed by atoms with Gasteiger partial charge in [-0.25, -0.2) is 0 Å². The minimum absolute atomic E-state index is 0.00561. The number of benzene rings is 5. The normalized spacial score (nSPS) is 19.2. The topological polar surface area (TPSA) is 19.6 Å². The molecule has 0 atom stereocenters. The van der Waals surface area contributed by atoms with Crippen molar-refractivity contribution in [3.63, 3.8) is 0 Å². The summed E-state index contributed by atoms with van der Waals surface area (Å²) in [5, 5.41) is -0.0957. The van der Waals surface area contributed by atoms with Crippen molar-refractivity contribution < 1.29 is 27.7 Å². The van der Waals surface area contributed by atoms with Crippen LogP contribution in [0.15, 0.2) is 101 Å². The average Bonchev–Trinajstić information content (AvgIpc) is 3.60. The SMILES string of the molecule is [2H]c1c([2H])c(C(C)(C)C)c([2H])c2c1B1c3c(cc(C([2H])([2H])[2H])cc3N2c2c([2H])c([2H])c(C(C)(C)C)c([2H])c2[2H])N(c2c([2H])c([2H])c(C(C)(C)C)c([2H])c2[2H])c2oc3c([2H])c(C(C)(C)C)c([2H])c([2H])c3c21. The van der Waals surface area contributed by atoms with Crippen molar-refractivity contribution in [1.29, 1.82) is 0 Å². The average molecular weight is 716 g/mol. The van der Waals surface area contributed by atoms with Crippen LogP contribution < -0.4 is 26.2 Å². The fourth-order valence-corrected chi connectivity index (χ4v) is 6.88. The summed E-state index contributed by atoms with van der Waals surface area (Å²) in [5.74, 6) is -0.284. The Morgan fingerprint density at radius 3 is 1.53 bits per heavy atom. The summed E-state index contributed by atoms with van der Waals surface area (Å²) >= 11 is 0. The van der Waals surface area contributed by atoms with Crippen LogP contribution in [-0.4, -0.2) is 6.71 Å². The Bertz CT molecular complexity index is 3250. The Morgan fingerprint density at radius 1 is 0.528 bits per heavy atom. The van der Waals surface area contributed by atoms with Crippen molar-refractivity contribution in [2.75, 3.05) is 9.80 Å². The van der Waals surface area contributed by atoms with E-state index in [0.717, 1.165) is 0 Å². The Hall–Kier alpha value is -4.70. The van der Waals surface area contributed by atoms with Crippen LogP contribution in [0.1, 0.15) is 134 Å². The molecule has 8 rings (SSSR count). The fourth-order valence-electron chi connectivity index (χ4n) is 6.88. The molecule has 0 N–H and O–H groups in total. The van der Waals surface area contributed by atoms with Crippen LogP contribution in [0.25, 0.3) is 11.0 Å². The second kappa shape index (κ2) is 11.7. The smallest absolute Gasteiger partial charge is 0.257 e. The van der Waals surface area contributed by atoms with Crippen LogP contribution in [0.5, 0.6) is 0 Å². The lowest BCUT2D eigenvalue weighted by molar-refractivity contribution is 0.584. The first-order valence-corrected chi connectivity index (χ1v) is 18.0. The van der Waals surface area contributed by atoms with E-state index in [1.165, 1.54) is 21.9 Å². The molecular weight excluding hydrogens is 643 g/mol. The molecule has 0 bridgehead atoms. The summed E-state index contributed by atoms with van der Waals surface area (Å²) in [5.41, 5.74) is -5.11. The zero-order valence-corrected chi connectivity index (χ0v) is 32.5. The molecule has 0 amide bonds. The van der Waals surface area contributed by atoms with Crippen LogP contribution in [0.3, 0.4) is 0 Å². The lowest BCUT2D eigenvalue weighted by Crippen LogP contribution is -2.61. The van der Waals surface area contributed by atoms with E-state index in [0.29, 0.717) is 0 Å². The number of fused-ring (bicyclic) bond motifs is 6. The third kappa shape index (κ3) is 5.81. The summed E-state index contributed by atoms with van der Waals surface area (Å²) in [7, 11) is 0. The van der Waals surface area contributed by atoms with Gasteiger partial charge in [-0.2, -0.15) is 0 Å². The van der Waals surface area contributed by atoms with E-state index in [1.54, 1.807) is 83.1 Å². The fraction of sp³-hybridized carbons (Fsp3) is 0.347. The quantitative estimate of drug-likeness (QED) is 0.166. The van der Waals surface area contributed by atoms with Crippen molar-refractivity contribution in [2.45, 2.75) is 112 Å². The van der Waals surface area contributed by atoms with E-state index in [4.69, 9.17) is 8.53 Å². The van der Waals surface area contributed by atoms with E-state index >= 15 is 0 Å². The molecule has 2 aliphatic rings. The summed E-state index contributed by atoms with van der Waals surface area (Å²) in [6, 6.07) is -3.47. The number of aryl methyl sites for hydroxylation is 1. The molecule has 3 nitrogen and oxygen atoms in total. The minimum Gasteiger partial charge on any atom is -0.440 e. The van der Waals surface area contributed by atoms with Gasteiger partial charge in [-0.05, 0) is 116 Å². The van der Waals surface area contributed by atoms with E-state index < -0.39 is 107 Å². The van der Waals surface area contributed by atoms with Gasteiger partial charge in [0.1, 0.15) is 5.58 Å². The first kappa shape index (κ1) is 20.7. The van der Waals surface area contributed by atoms with Crippen LogP contribution in [-0.2, 0) is 21.7 Å². The zero-order chi connectivity index (χ0) is 52.7. The molecule has 3 heterocycles. The molecule has 0 spiro atoms. The van der Waals surface area contributed by atoms with Gasteiger partial charge in [-0.1, -0.05) is 131 Å². The highest BCUT2D eigenvalue weighted by Crippen LogP contribution is 2.47. The Kier molecular flexibility index (Phi) is 4.55. The molecule has 5 aromatic carbocycles. The molecule has 1 aromatic heterocycles. The summed E-state index contributed by atoms with van der Waals surface area (Å²) in [6.45, 7) is 16.6. The first-order valence-electron chi connectivity index (χ1n) is 26.5. The number of rotatable bonds is 2. The van der Waals surface area contributed by atoms with Crippen molar-refractivity contribution >= 4 is 68.4 Å². The molecule has 0 unspecified atom stereocenters. The molecule has 0 radical (unpaired) electrons. The molecule has 53 heavy (non-hydrogen) atoms. The second-order valence-electron chi connectivity index (χ2n) is 18.3. The molecule has 270 valence electrons. The number of hydrogen-bond acceptors (Lipinski definition) is 3. The third-order valence-electron chi connectivity index (χ3n) is 9.88. The molecular formula is C49H55BN2O. The van der Waals surface area contributed by atoms with E-state index in [9.17, 15) is 19.2 Å². The van der Waals surface area contributed by atoms with Gasteiger partial charge >= 0.3 is 0 Å². The Morgan fingerprint density at radius 2 is 1.00 bits per heavy atom. The van der Waals surface area contributed by atoms with Gasteiger partial charge < -0.3 is 9.32 Å². The standard InChI is InChI=1S/C49H55BN2O/c1-30-26-40-44-41(27-30)52(36-22-16-32(17-23-36)47(5,6)7)45-43(37-24-18-34(49(11,12)13)29-42(37)53-45)50(44)38-25-19-33(48(8,9)10)28-39(38)51(40)35-20-14-31(15-21-35)46(2,3)4/h14-29H,1-13H3/i1D3,14D,15D,16D,17D,18D,19D,20D,21D,22D,23D,24D,25D,28D,29D. The second-order valence-corrected chi connectivity index (χ2v) is 18.3. The van der Waals surface area contributed by atoms with Crippen LogP contribution in [0.2, 0.25) is 0 Å². The molecule has 0 fully saturated rings. The maximum Gasteiger partial charge on any atom is 0.257 e. The lowest BCUT2D eigenvalue weighted by atomic mass is 9.33. The molecule has 6 aromatic rings. The monoisotopic (exact) mass is 716 g/mol. The molecule has 0 aliphatic carbocycles. The molecule has 2 aliphatic heterocycles. The van der Waals surface area contributed by atoms with Gasteiger partial charge in [0, 0.05) is 43.4 Å². The zero-order valence-electron chi connectivity index (χ0n) is 49.5. The maximum absolute atomic E-state index is 10.1. The van der Waals surface area contributed by atoms with Gasteiger partial charge in [-0.15, -0.1) is 0 Å². The van der Waals surface area contributed by atoms with E-state index in [1.807, 2.05) is 0 Å². The highest BCUT2D eigenvalue weighted by Gasteiger charge is 2.46. The number of hydrogen-bond donors (Lipinski definition) is 0. The Balaban J connectivity index is 1.73.